The Bertz CT molecular complexity index is 674. The molecule has 0 aromatic heterocycles. The number of hydrogen-bond acceptors (Lipinski definition) is 5. The summed E-state index contributed by atoms with van der Waals surface area (Å²) in [5.74, 6) is -0.0818. The van der Waals surface area contributed by atoms with Gasteiger partial charge in [0.1, 0.15) is 11.5 Å². The Kier molecular flexibility index (Phi) is 12.5. The van der Waals surface area contributed by atoms with E-state index < -0.39 is 0 Å². The smallest absolute Gasteiger partial charge is 0.244 e. The zero-order chi connectivity index (χ0) is 21.5. The highest BCUT2D eigenvalue weighted by atomic mass is 32.2. The molecule has 29 heavy (non-hydrogen) atoms. The zero-order valence-corrected chi connectivity index (χ0v) is 18.4. The number of amides is 2. The molecule has 0 saturated heterocycles. The van der Waals surface area contributed by atoms with E-state index >= 15 is 0 Å². The Morgan fingerprint density at radius 3 is 2.34 bits per heavy atom. The van der Waals surface area contributed by atoms with Crippen molar-refractivity contribution in [2.75, 3.05) is 18.0 Å². The lowest BCUT2D eigenvalue weighted by Crippen LogP contribution is -2.25. The summed E-state index contributed by atoms with van der Waals surface area (Å²) in [6, 6.07) is 6.94. The van der Waals surface area contributed by atoms with E-state index in [1.165, 1.54) is 43.0 Å². The number of benzene rings is 1. The van der Waals surface area contributed by atoms with E-state index in [4.69, 9.17) is 4.74 Å². The van der Waals surface area contributed by atoms with Gasteiger partial charge in [-0.3, -0.25) is 14.4 Å². The number of carbonyl (C=O) groups is 3. The van der Waals surface area contributed by atoms with Crippen LogP contribution in [0, 0.1) is 0 Å². The van der Waals surface area contributed by atoms with Crippen molar-refractivity contribution in [2.24, 2.45) is 0 Å². The van der Waals surface area contributed by atoms with Crippen molar-refractivity contribution >= 4 is 35.2 Å². The van der Waals surface area contributed by atoms with Crippen LogP contribution in [0.2, 0.25) is 0 Å². The van der Waals surface area contributed by atoms with Crippen molar-refractivity contribution in [1.82, 2.24) is 5.32 Å². The van der Waals surface area contributed by atoms with Crippen LogP contribution < -0.4 is 14.4 Å². The van der Waals surface area contributed by atoms with Gasteiger partial charge < -0.3 is 10.1 Å². The highest BCUT2D eigenvalue weighted by Crippen LogP contribution is 2.26. The van der Waals surface area contributed by atoms with Crippen LogP contribution in [-0.4, -0.2) is 31.3 Å². The molecule has 0 heterocycles. The number of carbonyl (C=O) groups excluding carboxylic acids is 3. The second-order valence-corrected chi connectivity index (χ2v) is 7.58. The molecule has 160 valence electrons. The molecule has 0 saturated carbocycles. The first-order valence-electron chi connectivity index (χ1n) is 10.1. The Labute approximate surface area is 178 Å². The number of nitrogens with one attached hydrogen (secondary N) is 1. The van der Waals surface area contributed by atoms with Gasteiger partial charge in [-0.25, -0.2) is 4.31 Å². The summed E-state index contributed by atoms with van der Waals surface area (Å²) >= 11 is 1.07. The fourth-order valence-electron chi connectivity index (χ4n) is 2.59. The number of unbranched alkanes of at least 4 members (excludes halogenated alkanes) is 5. The van der Waals surface area contributed by atoms with Gasteiger partial charge in [0.2, 0.25) is 11.8 Å². The minimum Gasteiger partial charge on any atom is -0.497 e. The second-order valence-electron chi connectivity index (χ2n) is 6.73. The number of anilines is 1. The van der Waals surface area contributed by atoms with Crippen LogP contribution in [0.4, 0.5) is 5.69 Å². The van der Waals surface area contributed by atoms with Gasteiger partial charge >= 0.3 is 0 Å². The largest absolute Gasteiger partial charge is 0.497 e. The highest BCUT2D eigenvalue weighted by Gasteiger charge is 2.17. The van der Waals surface area contributed by atoms with E-state index in [-0.39, 0.29) is 24.0 Å². The average molecular weight is 421 g/mol. The fourth-order valence-corrected chi connectivity index (χ4v) is 3.33. The third kappa shape index (κ3) is 10.7. The summed E-state index contributed by atoms with van der Waals surface area (Å²) in [5, 5.41) is 4.40. The average Bonchev–Trinajstić information content (AvgIpc) is 2.70. The number of ether oxygens (including phenoxy) is 1. The summed E-state index contributed by atoms with van der Waals surface area (Å²) < 4.78 is 6.53. The molecular weight excluding hydrogens is 388 g/mol. The lowest BCUT2D eigenvalue weighted by molar-refractivity contribution is -0.125. The Balaban J connectivity index is 2.54. The molecule has 0 radical (unpaired) electrons. The van der Waals surface area contributed by atoms with Gasteiger partial charge in [-0.15, -0.1) is 0 Å². The molecule has 6 nitrogen and oxygen atoms in total. The topological polar surface area (TPSA) is 75.7 Å². The molecule has 1 rings (SSSR count). The summed E-state index contributed by atoms with van der Waals surface area (Å²) in [4.78, 5) is 35.7. The maximum absolute atomic E-state index is 12.4. The highest BCUT2D eigenvalue weighted by molar-refractivity contribution is 8.04. The first-order valence-corrected chi connectivity index (χ1v) is 10.9. The first kappa shape index (κ1) is 24.8. The number of rotatable bonds is 14. The molecule has 1 aromatic carbocycles. The maximum atomic E-state index is 12.4. The molecule has 2 amide bonds. The zero-order valence-electron chi connectivity index (χ0n) is 17.6. The van der Waals surface area contributed by atoms with Crippen LogP contribution in [0.5, 0.6) is 5.75 Å². The Morgan fingerprint density at radius 1 is 1.07 bits per heavy atom. The minimum atomic E-state index is -0.343. The van der Waals surface area contributed by atoms with E-state index in [9.17, 15) is 14.4 Å². The van der Waals surface area contributed by atoms with Crippen molar-refractivity contribution < 1.29 is 19.1 Å². The summed E-state index contributed by atoms with van der Waals surface area (Å²) in [7, 11) is 1.56. The SMILES string of the molecule is CCCCCCCCNC(=O)C=CSN(C(=O)CC(C)=O)c1ccc(OC)cc1. The summed E-state index contributed by atoms with van der Waals surface area (Å²) in [5.41, 5.74) is 0.610. The molecule has 1 aromatic rings. The van der Waals surface area contributed by atoms with Gasteiger partial charge in [0, 0.05) is 12.6 Å². The molecule has 0 spiro atoms. The van der Waals surface area contributed by atoms with E-state index in [0.29, 0.717) is 18.0 Å². The quantitative estimate of drug-likeness (QED) is 0.205. The molecule has 0 aliphatic rings. The van der Waals surface area contributed by atoms with Crippen molar-refractivity contribution in [1.29, 1.82) is 0 Å². The molecule has 0 aliphatic carbocycles. The van der Waals surface area contributed by atoms with Crippen LogP contribution in [0.3, 0.4) is 0 Å². The predicted octanol–water partition coefficient (Wildman–Crippen LogP) is 4.65. The van der Waals surface area contributed by atoms with Crippen molar-refractivity contribution in [3.8, 4) is 5.75 Å². The van der Waals surface area contributed by atoms with Crippen LogP contribution >= 0.6 is 11.9 Å². The van der Waals surface area contributed by atoms with Crippen molar-refractivity contribution in [3.05, 3.63) is 35.7 Å². The van der Waals surface area contributed by atoms with Gasteiger partial charge in [-0.05, 0) is 55.0 Å². The van der Waals surface area contributed by atoms with Crippen molar-refractivity contribution in [2.45, 2.75) is 58.8 Å². The van der Waals surface area contributed by atoms with Crippen LogP contribution in [-0.2, 0) is 14.4 Å². The number of nitrogens with zero attached hydrogens (tertiary/aromatic N) is 1. The molecule has 7 heteroatoms. The van der Waals surface area contributed by atoms with Gasteiger partial charge in [-0.2, -0.15) is 0 Å². The molecule has 0 atom stereocenters. The predicted molar refractivity (Wildman–Crippen MR) is 119 cm³/mol. The molecule has 1 N–H and O–H groups in total. The van der Waals surface area contributed by atoms with Crippen molar-refractivity contribution in [3.63, 3.8) is 0 Å². The third-order valence-electron chi connectivity index (χ3n) is 4.15. The Morgan fingerprint density at radius 2 is 1.72 bits per heavy atom. The molecule has 0 fully saturated rings. The van der Waals surface area contributed by atoms with E-state index in [1.807, 2.05) is 0 Å². The lowest BCUT2D eigenvalue weighted by atomic mass is 10.1. The van der Waals surface area contributed by atoms with E-state index in [0.717, 1.165) is 24.8 Å². The second kappa shape index (κ2) is 14.7. The number of hydrogen-bond donors (Lipinski definition) is 1. The van der Waals surface area contributed by atoms with E-state index in [2.05, 4.69) is 12.2 Å². The number of ketones is 1. The first-order chi connectivity index (χ1) is 14.0. The third-order valence-corrected chi connectivity index (χ3v) is 5.03. The molecular formula is C22H32N2O4S. The van der Waals surface area contributed by atoms with E-state index in [1.54, 1.807) is 36.8 Å². The monoisotopic (exact) mass is 420 g/mol. The van der Waals surface area contributed by atoms with Crippen LogP contribution in [0.25, 0.3) is 0 Å². The number of Topliss-reactive ketones (excluding diaryl/α,β-unsaturated/α-hetero) is 1. The van der Waals surface area contributed by atoms with Gasteiger partial charge in [0.15, 0.2) is 0 Å². The molecule has 0 bridgehead atoms. The minimum absolute atomic E-state index is 0.195. The lowest BCUT2D eigenvalue weighted by Gasteiger charge is -2.19. The normalized spacial score (nSPS) is 10.7. The van der Waals surface area contributed by atoms with Gasteiger partial charge in [0.25, 0.3) is 0 Å². The molecule has 0 aliphatic heterocycles. The maximum Gasteiger partial charge on any atom is 0.244 e. The standard InChI is InChI=1S/C22H32N2O4S/c1-4-5-6-7-8-9-15-23-21(26)14-16-29-24(22(27)17-18(2)25)19-10-12-20(28-3)13-11-19/h10-14,16H,4-9,15,17H2,1-3H3,(H,23,26). The van der Waals surface area contributed by atoms with Gasteiger partial charge in [0.05, 0.1) is 19.2 Å². The summed E-state index contributed by atoms with van der Waals surface area (Å²) in [6.07, 6.45) is 8.22. The fraction of sp³-hybridized carbons (Fsp3) is 0.500. The number of methoxy groups -OCH3 is 1. The van der Waals surface area contributed by atoms with Crippen LogP contribution in [0.1, 0.15) is 58.8 Å². The Hall–Kier alpha value is -2.28. The van der Waals surface area contributed by atoms with Gasteiger partial charge in [-0.1, -0.05) is 39.0 Å². The summed E-state index contributed by atoms with van der Waals surface area (Å²) in [6.45, 7) is 4.21. The molecule has 0 unspecified atom stereocenters. The van der Waals surface area contributed by atoms with Crippen LogP contribution in [0.15, 0.2) is 35.7 Å².